The Bertz CT molecular complexity index is 777. The topological polar surface area (TPSA) is 71.3 Å². The number of imide groups is 1. The summed E-state index contributed by atoms with van der Waals surface area (Å²) >= 11 is 5.99. The molecule has 0 radical (unpaired) electrons. The summed E-state index contributed by atoms with van der Waals surface area (Å²) in [6.45, 7) is 1.96. The summed E-state index contributed by atoms with van der Waals surface area (Å²) < 4.78 is 5.68. The molecular weight excluding hydrogens is 292 g/mol. The molecule has 0 spiro atoms. The smallest absolute Gasteiger partial charge is 0.326 e. The van der Waals surface area contributed by atoms with Gasteiger partial charge in [0.15, 0.2) is 0 Å². The third kappa shape index (κ3) is 2.68. The van der Waals surface area contributed by atoms with Crippen molar-refractivity contribution in [2.75, 3.05) is 0 Å². The zero-order chi connectivity index (χ0) is 15.0. The van der Waals surface area contributed by atoms with Gasteiger partial charge in [-0.3, -0.25) is 10.1 Å². The van der Waals surface area contributed by atoms with Gasteiger partial charge in [0.1, 0.15) is 17.2 Å². The number of aryl methyl sites for hydroxylation is 1. The van der Waals surface area contributed by atoms with Crippen LogP contribution in [0.25, 0.3) is 17.4 Å². The van der Waals surface area contributed by atoms with Gasteiger partial charge in [0.2, 0.25) is 0 Å². The number of hydrogen-bond donors (Lipinski definition) is 2. The molecule has 1 aromatic carbocycles. The van der Waals surface area contributed by atoms with Gasteiger partial charge in [0, 0.05) is 16.7 Å². The molecule has 2 aromatic rings. The van der Waals surface area contributed by atoms with Crippen molar-refractivity contribution >= 4 is 29.6 Å². The van der Waals surface area contributed by atoms with Crippen LogP contribution in [0.3, 0.4) is 0 Å². The lowest BCUT2D eigenvalue weighted by Gasteiger charge is -2.02. The predicted molar refractivity (Wildman–Crippen MR) is 78.5 cm³/mol. The number of carbonyl (C=O) groups is 2. The molecule has 2 heterocycles. The largest absolute Gasteiger partial charge is 0.457 e. The van der Waals surface area contributed by atoms with E-state index in [1.807, 2.05) is 25.1 Å². The molecule has 3 rings (SSSR count). The standard InChI is InChI=1S/C15H11ClN2O3/c1-8-2-3-9(16)6-11(8)13-5-4-10(21-13)7-12-14(19)18-15(20)17-12/h2-7H,1H3,(H2,17,18,19,20). The Labute approximate surface area is 125 Å². The van der Waals surface area contributed by atoms with Crippen LogP contribution in [0.2, 0.25) is 5.02 Å². The van der Waals surface area contributed by atoms with Gasteiger partial charge in [-0.2, -0.15) is 0 Å². The summed E-state index contributed by atoms with van der Waals surface area (Å²) in [6, 6.07) is 8.51. The number of rotatable bonds is 2. The lowest BCUT2D eigenvalue weighted by molar-refractivity contribution is -0.115. The van der Waals surface area contributed by atoms with Crippen molar-refractivity contribution < 1.29 is 14.0 Å². The Morgan fingerprint density at radius 1 is 1.14 bits per heavy atom. The van der Waals surface area contributed by atoms with E-state index in [4.69, 9.17) is 16.0 Å². The van der Waals surface area contributed by atoms with E-state index in [0.29, 0.717) is 16.5 Å². The third-order valence-electron chi connectivity index (χ3n) is 3.10. The first-order chi connectivity index (χ1) is 10.0. The van der Waals surface area contributed by atoms with Crippen molar-refractivity contribution in [2.24, 2.45) is 0 Å². The SMILES string of the molecule is Cc1ccc(Cl)cc1-c1ccc(C=C2NC(=O)NC2=O)o1. The molecule has 1 fully saturated rings. The molecule has 1 aliphatic rings. The first kappa shape index (κ1) is 13.5. The number of hydrogen-bond acceptors (Lipinski definition) is 3. The Balaban J connectivity index is 1.94. The number of nitrogens with one attached hydrogen (secondary N) is 2. The molecule has 3 amide bonds. The lowest BCUT2D eigenvalue weighted by Crippen LogP contribution is -2.22. The van der Waals surface area contributed by atoms with E-state index in [-0.39, 0.29) is 5.70 Å². The monoisotopic (exact) mass is 302 g/mol. The molecule has 0 bridgehead atoms. The fourth-order valence-electron chi connectivity index (χ4n) is 2.06. The number of carbonyl (C=O) groups excluding carboxylic acids is 2. The molecule has 5 nitrogen and oxygen atoms in total. The van der Waals surface area contributed by atoms with Crippen LogP contribution in [0.15, 0.2) is 40.4 Å². The maximum atomic E-state index is 11.4. The number of halogens is 1. The van der Waals surface area contributed by atoms with Gasteiger partial charge in [-0.15, -0.1) is 0 Å². The van der Waals surface area contributed by atoms with Crippen molar-refractivity contribution in [3.63, 3.8) is 0 Å². The highest BCUT2D eigenvalue weighted by molar-refractivity contribution is 6.30. The maximum absolute atomic E-state index is 11.4. The summed E-state index contributed by atoms with van der Waals surface area (Å²) in [4.78, 5) is 22.5. The molecule has 106 valence electrons. The first-order valence-electron chi connectivity index (χ1n) is 6.23. The quantitative estimate of drug-likeness (QED) is 0.661. The second-order valence-corrected chi connectivity index (χ2v) is 5.06. The summed E-state index contributed by atoms with van der Waals surface area (Å²) in [5.41, 5.74) is 2.07. The average molecular weight is 303 g/mol. The van der Waals surface area contributed by atoms with E-state index in [9.17, 15) is 9.59 Å². The van der Waals surface area contributed by atoms with Crippen molar-refractivity contribution in [1.29, 1.82) is 0 Å². The van der Waals surface area contributed by atoms with Crippen LogP contribution in [0.5, 0.6) is 0 Å². The number of benzene rings is 1. The van der Waals surface area contributed by atoms with Gasteiger partial charge >= 0.3 is 6.03 Å². The van der Waals surface area contributed by atoms with E-state index in [2.05, 4.69) is 10.6 Å². The van der Waals surface area contributed by atoms with Gasteiger partial charge in [-0.1, -0.05) is 17.7 Å². The molecule has 1 aliphatic heterocycles. The average Bonchev–Trinajstić information content (AvgIpc) is 3.00. The van der Waals surface area contributed by atoms with Crippen LogP contribution < -0.4 is 10.6 Å². The van der Waals surface area contributed by atoms with Gasteiger partial charge < -0.3 is 9.73 Å². The maximum Gasteiger partial charge on any atom is 0.326 e. The third-order valence-corrected chi connectivity index (χ3v) is 3.33. The predicted octanol–water partition coefficient (Wildman–Crippen LogP) is 3.09. The van der Waals surface area contributed by atoms with Crippen LogP contribution in [0.4, 0.5) is 4.79 Å². The number of furan rings is 1. The lowest BCUT2D eigenvalue weighted by atomic mass is 10.1. The van der Waals surface area contributed by atoms with E-state index in [1.165, 1.54) is 6.08 Å². The highest BCUT2D eigenvalue weighted by Gasteiger charge is 2.23. The van der Waals surface area contributed by atoms with Crippen LogP contribution in [-0.2, 0) is 4.79 Å². The van der Waals surface area contributed by atoms with Gasteiger partial charge in [-0.25, -0.2) is 4.79 Å². The van der Waals surface area contributed by atoms with Gasteiger partial charge in [-0.05, 0) is 36.8 Å². The van der Waals surface area contributed by atoms with Crippen LogP contribution in [0, 0.1) is 6.92 Å². The Morgan fingerprint density at radius 3 is 2.67 bits per heavy atom. The fourth-order valence-corrected chi connectivity index (χ4v) is 2.23. The zero-order valence-corrected chi connectivity index (χ0v) is 11.8. The van der Waals surface area contributed by atoms with Crippen LogP contribution >= 0.6 is 11.6 Å². The molecule has 6 heteroatoms. The minimum atomic E-state index is -0.538. The second-order valence-electron chi connectivity index (χ2n) is 4.63. The molecule has 0 aliphatic carbocycles. The zero-order valence-electron chi connectivity index (χ0n) is 11.1. The number of urea groups is 1. The van der Waals surface area contributed by atoms with Crippen molar-refractivity contribution in [3.8, 4) is 11.3 Å². The fraction of sp³-hybridized carbons (Fsp3) is 0.0667. The Hall–Kier alpha value is -2.53. The van der Waals surface area contributed by atoms with Crippen LogP contribution in [-0.4, -0.2) is 11.9 Å². The molecular formula is C15H11ClN2O3. The highest BCUT2D eigenvalue weighted by atomic mass is 35.5. The van der Waals surface area contributed by atoms with Gasteiger partial charge in [0.05, 0.1) is 0 Å². The van der Waals surface area contributed by atoms with Crippen molar-refractivity contribution in [3.05, 3.63) is 52.4 Å². The molecule has 0 atom stereocenters. The molecule has 1 aromatic heterocycles. The molecule has 2 N–H and O–H groups in total. The molecule has 21 heavy (non-hydrogen) atoms. The number of amides is 3. The Morgan fingerprint density at radius 2 is 1.95 bits per heavy atom. The highest BCUT2D eigenvalue weighted by Crippen LogP contribution is 2.28. The van der Waals surface area contributed by atoms with E-state index < -0.39 is 11.9 Å². The van der Waals surface area contributed by atoms with Gasteiger partial charge in [0.25, 0.3) is 5.91 Å². The van der Waals surface area contributed by atoms with Crippen molar-refractivity contribution in [2.45, 2.75) is 6.92 Å². The first-order valence-corrected chi connectivity index (χ1v) is 6.61. The second kappa shape index (κ2) is 5.10. The molecule has 0 saturated carbocycles. The van der Waals surface area contributed by atoms with E-state index in [0.717, 1.165) is 11.1 Å². The minimum Gasteiger partial charge on any atom is -0.457 e. The summed E-state index contributed by atoms with van der Waals surface area (Å²) in [5, 5.41) is 5.15. The van der Waals surface area contributed by atoms with E-state index >= 15 is 0 Å². The molecule has 1 saturated heterocycles. The van der Waals surface area contributed by atoms with E-state index in [1.54, 1.807) is 12.1 Å². The Kier molecular flexibility index (Phi) is 3.27. The van der Waals surface area contributed by atoms with Crippen molar-refractivity contribution in [1.82, 2.24) is 10.6 Å². The normalized spacial score (nSPS) is 16.2. The molecule has 0 unspecified atom stereocenters. The summed E-state index contributed by atoms with van der Waals surface area (Å²) in [7, 11) is 0. The summed E-state index contributed by atoms with van der Waals surface area (Å²) in [6.07, 6.45) is 1.48. The summed E-state index contributed by atoms with van der Waals surface area (Å²) in [5.74, 6) is 0.639. The minimum absolute atomic E-state index is 0.156. The van der Waals surface area contributed by atoms with Crippen LogP contribution in [0.1, 0.15) is 11.3 Å².